The van der Waals surface area contributed by atoms with Crippen molar-refractivity contribution in [3.05, 3.63) is 28.2 Å². The van der Waals surface area contributed by atoms with Gasteiger partial charge in [0.2, 0.25) is 0 Å². The summed E-state index contributed by atoms with van der Waals surface area (Å²) in [5, 5.41) is 14.3. The minimum atomic E-state index is -0.946. The van der Waals surface area contributed by atoms with Gasteiger partial charge < -0.3 is 15.2 Å². The normalized spacial score (nSPS) is 35.0. The van der Waals surface area contributed by atoms with Gasteiger partial charge in [-0.05, 0) is 75.5 Å². The summed E-state index contributed by atoms with van der Waals surface area (Å²) >= 11 is 11.9. The van der Waals surface area contributed by atoms with Gasteiger partial charge in [0.25, 0.3) is 5.91 Å². The summed E-state index contributed by atoms with van der Waals surface area (Å²) in [5.74, 6) is -0.0463. The number of halogens is 2. The average molecular weight is 412 g/mol. The number of nitrogens with one attached hydrogen (secondary N) is 1. The maximum Gasteiger partial charge on any atom is 0.312 e. The summed E-state index contributed by atoms with van der Waals surface area (Å²) in [5.41, 5.74) is -0.941. The standard InChI is InChI=1S/C20H23Cl2NO4/c1-11(17(24)23-16-4-14(21)3-15(22)5-16)27-18(25)19-6-12-2-13(7-19)9-20(26,8-12)10-19/h3-5,11-13,26H,2,6-10H2,1H3,(H,23,24)/t11-,12-,13+,19?,20?/m0/s1. The summed E-state index contributed by atoms with van der Waals surface area (Å²) in [7, 11) is 0. The average Bonchev–Trinajstić information content (AvgIpc) is 2.51. The molecule has 5 atom stereocenters. The Morgan fingerprint density at radius 1 is 1.15 bits per heavy atom. The van der Waals surface area contributed by atoms with Crippen LogP contribution in [0.1, 0.15) is 45.4 Å². The van der Waals surface area contributed by atoms with Gasteiger partial charge >= 0.3 is 5.97 Å². The second-order valence-corrected chi connectivity index (χ2v) is 9.53. The van der Waals surface area contributed by atoms with Crippen molar-refractivity contribution in [3.63, 3.8) is 0 Å². The molecule has 4 aliphatic rings. The zero-order valence-corrected chi connectivity index (χ0v) is 16.6. The first-order valence-corrected chi connectivity index (χ1v) is 10.1. The lowest BCUT2D eigenvalue weighted by atomic mass is 9.48. The molecule has 5 rings (SSSR count). The van der Waals surface area contributed by atoms with E-state index in [0.29, 0.717) is 34.0 Å². The van der Waals surface area contributed by atoms with E-state index in [9.17, 15) is 14.7 Å². The zero-order valence-electron chi connectivity index (χ0n) is 15.1. The van der Waals surface area contributed by atoms with Crippen LogP contribution in [0.5, 0.6) is 0 Å². The Balaban J connectivity index is 1.42. The number of aliphatic hydroxyl groups is 1. The fourth-order valence-electron chi connectivity index (χ4n) is 5.66. The molecule has 0 aromatic heterocycles. The third kappa shape index (κ3) is 3.69. The van der Waals surface area contributed by atoms with Crippen molar-refractivity contribution in [2.45, 2.75) is 57.2 Å². The van der Waals surface area contributed by atoms with Gasteiger partial charge in [-0.25, -0.2) is 0 Å². The molecule has 4 aliphatic carbocycles. The lowest BCUT2D eigenvalue weighted by Crippen LogP contribution is -2.59. The second kappa shape index (κ2) is 6.64. The molecule has 2 N–H and O–H groups in total. The van der Waals surface area contributed by atoms with Crippen LogP contribution in [0.15, 0.2) is 18.2 Å². The smallest absolute Gasteiger partial charge is 0.312 e. The van der Waals surface area contributed by atoms with Crippen molar-refractivity contribution in [1.29, 1.82) is 0 Å². The predicted molar refractivity (Wildman–Crippen MR) is 103 cm³/mol. The maximum atomic E-state index is 13.0. The van der Waals surface area contributed by atoms with Crippen LogP contribution in [0.4, 0.5) is 5.69 Å². The lowest BCUT2D eigenvalue weighted by Gasteiger charge is -2.58. The van der Waals surface area contributed by atoms with Crippen LogP contribution in [-0.4, -0.2) is 28.7 Å². The molecule has 4 saturated carbocycles. The van der Waals surface area contributed by atoms with Crippen LogP contribution in [0.2, 0.25) is 10.0 Å². The Labute approximate surface area is 168 Å². The number of esters is 1. The Bertz CT molecular complexity index is 762. The summed E-state index contributed by atoms with van der Waals surface area (Å²) < 4.78 is 5.55. The number of amides is 1. The van der Waals surface area contributed by atoms with Crippen molar-refractivity contribution in [3.8, 4) is 0 Å². The van der Waals surface area contributed by atoms with Crippen molar-refractivity contribution >= 4 is 40.8 Å². The van der Waals surface area contributed by atoms with Crippen LogP contribution >= 0.6 is 23.2 Å². The molecule has 0 aliphatic heterocycles. The molecule has 2 unspecified atom stereocenters. The Morgan fingerprint density at radius 2 is 1.74 bits per heavy atom. The zero-order chi connectivity index (χ0) is 19.4. The van der Waals surface area contributed by atoms with E-state index < -0.39 is 23.0 Å². The number of hydrogen-bond acceptors (Lipinski definition) is 4. The van der Waals surface area contributed by atoms with Crippen molar-refractivity contribution in [2.24, 2.45) is 17.3 Å². The van der Waals surface area contributed by atoms with Crippen molar-refractivity contribution in [1.82, 2.24) is 0 Å². The minimum Gasteiger partial charge on any atom is -0.452 e. The molecule has 146 valence electrons. The van der Waals surface area contributed by atoms with Crippen LogP contribution in [0, 0.1) is 17.3 Å². The van der Waals surface area contributed by atoms with E-state index >= 15 is 0 Å². The van der Waals surface area contributed by atoms with E-state index in [2.05, 4.69) is 5.32 Å². The molecule has 0 spiro atoms. The van der Waals surface area contributed by atoms with E-state index in [1.807, 2.05) is 0 Å². The van der Waals surface area contributed by atoms with E-state index in [4.69, 9.17) is 27.9 Å². The monoisotopic (exact) mass is 411 g/mol. The number of anilines is 1. The molecular weight excluding hydrogens is 389 g/mol. The number of hydrogen-bond donors (Lipinski definition) is 2. The van der Waals surface area contributed by atoms with E-state index in [1.165, 1.54) is 0 Å². The molecule has 0 heterocycles. The van der Waals surface area contributed by atoms with Gasteiger partial charge in [0.1, 0.15) is 0 Å². The van der Waals surface area contributed by atoms with Gasteiger partial charge in [0, 0.05) is 15.7 Å². The van der Waals surface area contributed by atoms with E-state index in [0.717, 1.165) is 32.1 Å². The van der Waals surface area contributed by atoms with E-state index in [1.54, 1.807) is 25.1 Å². The summed E-state index contributed by atoms with van der Waals surface area (Å²) in [4.78, 5) is 25.4. The Kier molecular flexibility index (Phi) is 4.68. The maximum absolute atomic E-state index is 13.0. The van der Waals surface area contributed by atoms with Crippen molar-refractivity contribution < 1.29 is 19.4 Å². The third-order valence-electron chi connectivity index (χ3n) is 6.25. The molecule has 27 heavy (non-hydrogen) atoms. The van der Waals surface area contributed by atoms with Gasteiger partial charge in [-0.15, -0.1) is 0 Å². The molecule has 0 saturated heterocycles. The number of benzene rings is 1. The Hall–Kier alpha value is -1.30. The fourth-order valence-corrected chi connectivity index (χ4v) is 6.19. The van der Waals surface area contributed by atoms with Crippen LogP contribution in [0.3, 0.4) is 0 Å². The van der Waals surface area contributed by atoms with Crippen LogP contribution in [0.25, 0.3) is 0 Å². The van der Waals surface area contributed by atoms with Gasteiger partial charge in [0.15, 0.2) is 6.10 Å². The van der Waals surface area contributed by atoms with Crippen LogP contribution < -0.4 is 5.32 Å². The highest BCUT2D eigenvalue weighted by molar-refractivity contribution is 6.35. The molecule has 1 aromatic rings. The molecule has 4 bridgehead atoms. The highest BCUT2D eigenvalue weighted by Gasteiger charge is 2.61. The highest BCUT2D eigenvalue weighted by Crippen LogP contribution is 2.62. The lowest BCUT2D eigenvalue weighted by molar-refractivity contribution is -0.199. The number of carbonyl (C=O) groups is 2. The Morgan fingerprint density at radius 3 is 2.30 bits per heavy atom. The first-order chi connectivity index (χ1) is 12.7. The first kappa shape index (κ1) is 19.0. The van der Waals surface area contributed by atoms with Gasteiger partial charge in [0.05, 0.1) is 11.0 Å². The molecule has 7 heteroatoms. The molecule has 1 amide bonds. The number of ether oxygens (including phenoxy) is 1. The van der Waals surface area contributed by atoms with Gasteiger partial charge in [-0.1, -0.05) is 23.2 Å². The number of rotatable bonds is 4. The molecule has 0 radical (unpaired) electrons. The van der Waals surface area contributed by atoms with Gasteiger partial charge in [-0.2, -0.15) is 0 Å². The largest absolute Gasteiger partial charge is 0.452 e. The summed E-state index contributed by atoms with van der Waals surface area (Å²) in [6, 6.07) is 4.73. The quantitative estimate of drug-likeness (QED) is 0.727. The third-order valence-corrected chi connectivity index (χ3v) is 6.68. The SMILES string of the molecule is C[C@H](OC(=O)C12C[C@@H]3C[C@@H](CC(O)(C3)C1)C2)C(=O)Nc1cc(Cl)cc(Cl)c1. The van der Waals surface area contributed by atoms with Crippen molar-refractivity contribution in [2.75, 3.05) is 5.32 Å². The highest BCUT2D eigenvalue weighted by atomic mass is 35.5. The summed E-state index contributed by atoms with van der Waals surface area (Å²) in [6.45, 7) is 1.55. The predicted octanol–water partition coefficient (Wildman–Crippen LogP) is 4.19. The number of carbonyl (C=O) groups excluding carboxylic acids is 2. The van der Waals surface area contributed by atoms with E-state index in [-0.39, 0.29) is 5.97 Å². The first-order valence-electron chi connectivity index (χ1n) is 9.37. The topological polar surface area (TPSA) is 75.6 Å². The molecule has 4 fully saturated rings. The second-order valence-electron chi connectivity index (χ2n) is 8.66. The molecular formula is C20H23Cl2NO4. The molecule has 5 nitrogen and oxygen atoms in total. The minimum absolute atomic E-state index is 0.359. The molecule has 1 aromatic carbocycles. The van der Waals surface area contributed by atoms with Gasteiger partial charge in [-0.3, -0.25) is 9.59 Å². The fraction of sp³-hybridized carbons (Fsp3) is 0.600. The van der Waals surface area contributed by atoms with Crippen LogP contribution in [-0.2, 0) is 14.3 Å². The summed E-state index contributed by atoms with van der Waals surface area (Å²) in [6.07, 6.45) is 3.66.